The van der Waals surface area contributed by atoms with Gasteiger partial charge in [0, 0.05) is 18.2 Å². The van der Waals surface area contributed by atoms with E-state index in [2.05, 4.69) is 12.2 Å². The Balaban J connectivity index is 2.60. The molecule has 2 atom stereocenters. The molecule has 0 aromatic carbocycles. The molecule has 3 heteroatoms. The minimum atomic E-state index is -0.314. The van der Waals surface area contributed by atoms with Crippen LogP contribution in [0, 0.1) is 13.8 Å². The van der Waals surface area contributed by atoms with Crippen LogP contribution < -0.4 is 5.32 Å². The molecule has 0 saturated carbocycles. The van der Waals surface area contributed by atoms with Crippen LogP contribution in [0.15, 0.2) is 10.5 Å². The molecule has 0 radical (unpaired) electrons. The molecule has 0 saturated heterocycles. The number of aliphatic hydroxyl groups is 1. The summed E-state index contributed by atoms with van der Waals surface area (Å²) in [5, 5.41) is 12.4. The lowest BCUT2D eigenvalue weighted by atomic mass is 10.1. The Morgan fingerprint density at radius 2 is 2.07 bits per heavy atom. The Morgan fingerprint density at radius 3 is 2.50 bits per heavy atom. The van der Waals surface area contributed by atoms with Crippen LogP contribution in [0.1, 0.15) is 37.0 Å². The van der Waals surface area contributed by atoms with Crippen molar-refractivity contribution >= 4 is 0 Å². The van der Waals surface area contributed by atoms with E-state index in [9.17, 15) is 0 Å². The molecular formula is C11H19NO2. The summed E-state index contributed by atoms with van der Waals surface area (Å²) in [6, 6.07) is 2.26. The van der Waals surface area contributed by atoms with Gasteiger partial charge in [-0.05, 0) is 33.8 Å². The van der Waals surface area contributed by atoms with Crippen LogP contribution in [0.2, 0.25) is 0 Å². The average molecular weight is 197 g/mol. The van der Waals surface area contributed by atoms with Crippen molar-refractivity contribution < 1.29 is 9.52 Å². The maximum Gasteiger partial charge on any atom is 0.105 e. The molecule has 1 aromatic rings. The first-order chi connectivity index (χ1) is 6.50. The summed E-state index contributed by atoms with van der Waals surface area (Å²) >= 11 is 0. The standard InChI is InChI=1S/C11H19NO2/c1-7(13)6-12-9(3)11-5-8(2)14-10(11)4/h5,7,9,12-13H,6H2,1-4H3. The van der Waals surface area contributed by atoms with Crippen molar-refractivity contribution in [1.82, 2.24) is 5.32 Å². The van der Waals surface area contributed by atoms with E-state index in [-0.39, 0.29) is 12.1 Å². The topological polar surface area (TPSA) is 45.4 Å². The molecule has 80 valence electrons. The van der Waals surface area contributed by atoms with Crippen molar-refractivity contribution in [2.24, 2.45) is 0 Å². The lowest BCUT2D eigenvalue weighted by Gasteiger charge is -2.14. The lowest BCUT2D eigenvalue weighted by molar-refractivity contribution is 0.187. The first-order valence-electron chi connectivity index (χ1n) is 4.99. The lowest BCUT2D eigenvalue weighted by Crippen LogP contribution is -2.27. The molecule has 2 N–H and O–H groups in total. The summed E-state index contributed by atoms with van der Waals surface area (Å²) in [5.41, 5.74) is 1.17. The van der Waals surface area contributed by atoms with E-state index in [0.717, 1.165) is 11.5 Å². The van der Waals surface area contributed by atoms with Gasteiger partial charge in [0.15, 0.2) is 0 Å². The molecule has 14 heavy (non-hydrogen) atoms. The normalized spacial score (nSPS) is 15.5. The Kier molecular flexibility index (Phi) is 3.72. The Morgan fingerprint density at radius 1 is 1.43 bits per heavy atom. The molecule has 0 spiro atoms. The van der Waals surface area contributed by atoms with E-state index in [0.29, 0.717) is 6.54 Å². The van der Waals surface area contributed by atoms with Crippen LogP contribution in [0.25, 0.3) is 0 Å². The summed E-state index contributed by atoms with van der Waals surface area (Å²) in [6.45, 7) is 8.35. The average Bonchev–Trinajstić information content (AvgIpc) is 2.41. The second kappa shape index (κ2) is 4.62. The first kappa shape index (κ1) is 11.3. The molecule has 1 aromatic heterocycles. The number of aliphatic hydroxyl groups excluding tert-OH is 1. The quantitative estimate of drug-likeness (QED) is 0.775. The summed E-state index contributed by atoms with van der Waals surface area (Å²) in [5.74, 6) is 1.89. The van der Waals surface area contributed by atoms with Crippen molar-refractivity contribution in [3.63, 3.8) is 0 Å². The van der Waals surface area contributed by atoms with Crippen molar-refractivity contribution in [3.8, 4) is 0 Å². The molecule has 0 aliphatic heterocycles. The number of nitrogens with one attached hydrogen (secondary N) is 1. The molecule has 1 heterocycles. The highest BCUT2D eigenvalue weighted by atomic mass is 16.3. The van der Waals surface area contributed by atoms with E-state index in [4.69, 9.17) is 9.52 Å². The van der Waals surface area contributed by atoms with E-state index in [1.54, 1.807) is 6.92 Å². The Bertz CT molecular complexity index is 291. The van der Waals surface area contributed by atoms with Crippen LogP contribution in [-0.2, 0) is 0 Å². The minimum absolute atomic E-state index is 0.224. The zero-order valence-corrected chi connectivity index (χ0v) is 9.29. The van der Waals surface area contributed by atoms with E-state index < -0.39 is 0 Å². The van der Waals surface area contributed by atoms with Gasteiger partial charge in [-0.1, -0.05) is 0 Å². The van der Waals surface area contributed by atoms with Gasteiger partial charge in [0.25, 0.3) is 0 Å². The van der Waals surface area contributed by atoms with Gasteiger partial charge in [0.05, 0.1) is 6.10 Å². The molecule has 0 fully saturated rings. The fourth-order valence-corrected chi connectivity index (χ4v) is 1.54. The third kappa shape index (κ3) is 2.86. The van der Waals surface area contributed by atoms with E-state index in [1.807, 2.05) is 19.9 Å². The SMILES string of the molecule is Cc1cc(C(C)NCC(C)O)c(C)o1. The summed E-state index contributed by atoms with van der Waals surface area (Å²) < 4.78 is 5.44. The van der Waals surface area contributed by atoms with Gasteiger partial charge in [-0.3, -0.25) is 0 Å². The highest BCUT2D eigenvalue weighted by Gasteiger charge is 2.12. The van der Waals surface area contributed by atoms with Gasteiger partial charge in [-0.15, -0.1) is 0 Å². The molecule has 0 amide bonds. The number of furan rings is 1. The zero-order valence-electron chi connectivity index (χ0n) is 9.29. The van der Waals surface area contributed by atoms with Gasteiger partial charge in [-0.25, -0.2) is 0 Å². The van der Waals surface area contributed by atoms with Crippen LogP contribution >= 0.6 is 0 Å². The first-order valence-corrected chi connectivity index (χ1v) is 4.99. The molecular weight excluding hydrogens is 178 g/mol. The second-order valence-electron chi connectivity index (χ2n) is 3.85. The predicted molar refractivity (Wildman–Crippen MR) is 56.3 cm³/mol. The highest BCUT2D eigenvalue weighted by Crippen LogP contribution is 2.20. The van der Waals surface area contributed by atoms with Crippen molar-refractivity contribution in [3.05, 3.63) is 23.2 Å². The zero-order chi connectivity index (χ0) is 10.7. The smallest absolute Gasteiger partial charge is 0.105 e. The summed E-state index contributed by atoms with van der Waals surface area (Å²) in [7, 11) is 0. The third-order valence-corrected chi connectivity index (χ3v) is 2.27. The fraction of sp³-hybridized carbons (Fsp3) is 0.636. The third-order valence-electron chi connectivity index (χ3n) is 2.27. The van der Waals surface area contributed by atoms with Gasteiger partial charge >= 0.3 is 0 Å². The maximum atomic E-state index is 9.14. The number of hydrogen-bond donors (Lipinski definition) is 2. The van der Waals surface area contributed by atoms with Gasteiger partial charge < -0.3 is 14.8 Å². The van der Waals surface area contributed by atoms with E-state index >= 15 is 0 Å². The van der Waals surface area contributed by atoms with Crippen LogP contribution in [-0.4, -0.2) is 17.8 Å². The van der Waals surface area contributed by atoms with Gasteiger partial charge in [0.1, 0.15) is 11.5 Å². The maximum absolute atomic E-state index is 9.14. The summed E-state index contributed by atoms with van der Waals surface area (Å²) in [4.78, 5) is 0. The molecule has 0 aliphatic carbocycles. The highest BCUT2D eigenvalue weighted by molar-refractivity contribution is 5.23. The van der Waals surface area contributed by atoms with E-state index in [1.165, 1.54) is 5.56 Å². The fourth-order valence-electron chi connectivity index (χ4n) is 1.54. The summed E-state index contributed by atoms with van der Waals surface area (Å²) in [6.07, 6.45) is -0.314. The number of hydrogen-bond acceptors (Lipinski definition) is 3. The van der Waals surface area contributed by atoms with Crippen LogP contribution in [0.5, 0.6) is 0 Å². The van der Waals surface area contributed by atoms with Crippen molar-refractivity contribution in [2.45, 2.75) is 39.8 Å². The molecule has 2 unspecified atom stereocenters. The van der Waals surface area contributed by atoms with Gasteiger partial charge in [0.2, 0.25) is 0 Å². The van der Waals surface area contributed by atoms with Crippen LogP contribution in [0.3, 0.4) is 0 Å². The largest absolute Gasteiger partial charge is 0.466 e. The van der Waals surface area contributed by atoms with Crippen LogP contribution in [0.4, 0.5) is 0 Å². The monoisotopic (exact) mass is 197 g/mol. The van der Waals surface area contributed by atoms with Gasteiger partial charge in [-0.2, -0.15) is 0 Å². The Labute approximate surface area is 85.1 Å². The minimum Gasteiger partial charge on any atom is -0.466 e. The second-order valence-corrected chi connectivity index (χ2v) is 3.85. The molecule has 1 rings (SSSR count). The molecule has 0 bridgehead atoms. The molecule has 0 aliphatic rings. The number of rotatable bonds is 4. The predicted octanol–water partition coefficient (Wildman–Crippen LogP) is 1.93. The number of aryl methyl sites for hydroxylation is 2. The Hall–Kier alpha value is -0.800. The van der Waals surface area contributed by atoms with Crippen molar-refractivity contribution in [2.75, 3.05) is 6.54 Å². The van der Waals surface area contributed by atoms with Crippen molar-refractivity contribution in [1.29, 1.82) is 0 Å². The molecule has 3 nitrogen and oxygen atoms in total.